The molecule has 25 heavy (non-hydrogen) atoms. The summed E-state index contributed by atoms with van der Waals surface area (Å²) in [6.45, 7) is 2.81. The molecule has 0 saturated carbocycles. The Morgan fingerprint density at radius 2 is 1.84 bits per heavy atom. The zero-order valence-electron chi connectivity index (χ0n) is 15.1. The lowest BCUT2D eigenvalue weighted by Gasteiger charge is -2.07. The summed E-state index contributed by atoms with van der Waals surface area (Å²) in [5, 5.41) is 20.6. The van der Waals surface area contributed by atoms with Crippen LogP contribution in [0.1, 0.15) is 55.8 Å². The third kappa shape index (κ3) is 9.89. The standard InChI is InChI=1S/C20H31NO4/c1-2-3-4-5-6-7-14-25-19-10-8-17(9-11-19)20(24)12-13-21-15-18(23)16-22/h8-13,18,21-23H,2-7,14-16H2,1H3/b13-12+. The van der Waals surface area contributed by atoms with E-state index in [1.54, 1.807) is 24.3 Å². The number of carbonyl (C=O) groups is 1. The van der Waals surface area contributed by atoms with Gasteiger partial charge in [0, 0.05) is 24.4 Å². The molecule has 0 amide bonds. The molecule has 0 heterocycles. The molecule has 0 fully saturated rings. The maximum Gasteiger partial charge on any atom is 0.187 e. The first-order valence-electron chi connectivity index (χ1n) is 9.13. The Morgan fingerprint density at radius 1 is 1.16 bits per heavy atom. The zero-order valence-corrected chi connectivity index (χ0v) is 15.1. The number of aliphatic hydroxyl groups is 2. The summed E-state index contributed by atoms with van der Waals surface area (Å²) in [6, 6.07) is 7.10. The lowest BCUT2D eigenvalue weighted by molar-refractivity contribution is 0.0969. The van der Waals surface area contributed by atoms with Crippen LogP contribution in [0.5, 0.6) is 5.75 Å². The van der Waals surface area contributed by atoms with Gasteiger partial charge >= 0.3 is 0 Å². The van der Waals surface area contributed by atoms with Gasteiger partial charge in [0.15, 0.2) is 5.78 Å². The van der Waals surface area contributed by atoms with E-state index in [0.29, 0.717) is 12.2 Å². The maximum absolute atomic E-state index is 12.0. The number of benzene rings is 1. The first-order valence-corrected chi connectivity index (χ1v) is 9.13. The van der Waals surface area contributed by atoms with Gasteiger partial charge in [-0.15, -0.1) is 0 Å². The minimum atomic E-state index is -0.831. The van der Waals surface area contributed by atoms with Crippen LogP contribution >= 0.6 is 0 Å². The van der Waals surface area contributed by atoms with Crippen molar-refractivity contribution in [3.8, 4) is 5.75 Å². The van der Waals surface area contributed by atoms with Gasteiger partial charge in [-0.1, -0.05) is 39.0 Å². The van der Waals surface area contributed by atoms with Crippen molar-refractivity contribution < 1.29 is 19.7 Å². The third-order valence-electron chi connectivity index (χ3n) is 3.82. The third-order valence-corrected chi connectivity index (χ3v) is 3.82. The number of allylic oxidation sites excluding steroid dienone is 1. The van der Waals surface area contributed by atoms with Crippen LogP contribution in [0.25, 0.3) is 0 Å². The molecule has 1 aromatic carbocycles. The first kappa shape index (κ1) is 21.2. The highest BCUT2D eigenvalue weighted by Crippen LogP contribution is 2.14. The van der Waals surface area contributed by atoms with Gasteiger partial charge < -0.3 is 20.3 Å². The van der Waals surface area contributed by atoms with Crippen molar-refractivity contribution in [1.29, 1.82) is 0 Å². The zero-order chi connectivity index (χ0) is 18.3. The van der Waals surface area contributed by atoms with Gasteiger partial charge in [-0.3, -0.25) is 4.79 Å². The van der Waals surface area contributed by atoms with Gasteiger partial charge in [0.2, 0.25) is 0 Å². The quantitative estimate of drug-likeness (QED) is 0.273. The predicted octanol–water partition coefficient (Wildman–Crippen LogP) is 3.07. The largest absolute Gasteiger partial charge is 0.494 e. The van der Waals surface area contributed by atoms with Gasteiger partial charge in [-0.25, -0.2) is 0 Å². The number of rotatable bonds is 14. The van der Waals surface area contributed by atoms with E-state index in [1.165, 1.54) is 44.4 Å². The Labute approximate surface area is 150 Å². The van der Waals surface area contributed by atoms with Gasteiger partial charge in [-0.2, -0.15) is 0 Å². The molecule has 0 aliphatic rings. The van der Waals surface area contributed by atoms with E-state index in [4.69, 9.17) is 14.9 Å². The van der Waals surface area contributed by atoms with Crippen LogP contribution in [0.2, 0.25) is 0 Å². The van der Waals surface area contributed by atoms with Crippen molar-refractivity contribution >= 4 is 5.78 Å². The van der Waals surface area contributed by atoms with Gasteiger partial charge in [0.25, 0.3) is 0 Å². The molecule has 5 heteroatoms. The van der Waals surface area contributed by atoms with Crippen molar-refractivity contribution in [2.75, 3.05) is 19.8 Å². The molecule has 0 aromatic heterocycles. The summed E-state index contributed by atoms with van der Waals surface area (Å²) in [5.74, 6) is 0.645. The summed E-state index contributed by atoms with van der Waals surface area (Å²) in [4.78, 5) is 12.0. The summed E-state index contributed by atoms with van der Waals surface area (Å²) in [6.07, 6.45) is 9.43. The maximum atomic E-state index is 12.0. The lowest BCUT2D eigenvalue weighted by Crippen LogP contribution is -2.26. The Balaban J connectivity index is 2.26. The minimum Gasteiger partial charge on any atom is -0.494 e. The minimum absolute atomic E-state index is 0.131. The first-order chi connectivity index (χ1) is 12.2. The van der Waals surface area contributed by atoms with Crippen molar-refractivity contribution in [2.45, 2.75) is 51.6 Å². The van der Waals surface area contributed by atoms with Crippen LogP contribution in [0.3, 0.4) is 0 Å². The van der Waals surface area contributed by atoms with Crippen molar-refractivity contribution in [2.24, 2.45) is 0 Å². The number of ether oxygens (including phenoxy) is 1. The van der Waals surface area contributed by atoms with Gasteiger partial charge in [0.1, 0.15) is 5.75 Å². The molecule has 0 bridgehead atoms. The number of hydrogen-bond donors (Lipinski definition) is 3. The highest BCUT2D eigenvalue weighted by Gasteiger charge is 2.03. The van der Waals surface area contributed by atoms with Crippen molar-refractivity contribution in [3.63, 3.8) is 0 Å². The van der Waals surface area contributed by atoms with Crippen LogP contribution < -0.4 is 10.1 Å². The fraction of sp³-hybridized carbons (Fsp3) is 0.550. The normalized spacial score (nSPS) is 12.3. The van der Waals surface area contributed by atoms with Crippen molar-refractivity contribution in [3.05, 3.63) is 42.1 Å². The fourth-order valence-corrected chi connectivity index (χ4v) is 2.29. The predicted molar refractivity (Wildman–Crippen MR) is 99.9 cm³/mol. The van der Waals surface area contributed by atoms with Crippen LogP contribution in [0.4, 0.5) is 0 Å². The second-order valence-electron chi connectivity index (χ2n) is 6.08. The molecule has 5 nitrogen and oxygen atoms in total. The number of nitrogens with one attached hydrogen (secondary N) is 1. The molecule has 1 aromatic rings. The molecule has 0 aliphatic carbocycles. The van der Waals surface area contributed by atoms with E-state index in [2.05, 4.69) is 12.2 Å². The highest BCUT2D eigenvalue weighted by molar-refractivity contribution is 6.04. The summed E-state index contributed by atoms with van der Waals surface area (Å²) in [7, 11) is 0. The van der Waals surface area contributed by atoms with E-state index >= 15 is 0 Å². The molecule has 0 radical (unpaired) electrons. The number of hydrogen-bond acceptors (Lipinski definition) is 5. The molecular weight excluding hydrogens is 318 g/mol. The molecule has 0 spiro atoms. The molecule has 140 valence electrons. The van der Waals surface area contributed by atoms with Gasteiger partial charge in [0.05, 0.1) is 19.3 Å². The lowest BCUT2D eigenvalue weighted by atomic mass is 10.1. The fourth-order valence-electron chi connectivity index (χ4n) is 2.29. The Kier molecular flexibility index (Phi) is 11.4. The van der Waals surface area contributed by atoms with E-state index in [0.717, 1.165) is 12.2 Å². The smallest absolute Gasteiger partial charge is 0.187 e. The van der Waals surface area contributed by atoms with Crippen LogP contribution in [-0.4, -0.2) is 41.9 Å². The average molecular weight is 349 g/mol. The van der Waals surface area contributed by atoms with E-state index in [-0.39, 0.29) is 18.9 Å². The number of carbonyl (C=O) groups excluding carboxylic acids is 1. The summed E-state index contributed by atoms with van der Waals surface area (Å²) < 4.78 is 5.69. The molecule has 1 atom stereocenters. The van der Waals surface area contributed by atoms with Crippen molar-refractivity contribution in [1.82, 2.24) is 5.32 Å². The number of unbranched alkanes of at least 4 members (excludes halogenated alkanes) is 5. The van der Waals surface area contributed by atoms with Crippen LogP contribution in [0, 0.1) is 0 Å². The molecule has 1 unspecified atom stereocenters. The number of aliphatic hydroxyl groups excluding tert-OH is 2. The Bertz CT molecular complexity index is 499. The van der Waals surface area contributed by atoms with Crippen LogP contribution in [-0.2, 0) is 0 Å². The topological polar surface area (TPSA) is 78.8 Å². The molecule has 0 saturated heterocycles. The molecule has 1 rings (SSSR count). The summed E-state index contributed by atoms with van der Waals surface area (Å²) in [5.41, 5.74) is 0.577. The van der Waals surface area contributed by atoms with Crippen LogP contribution in [0.15, 0.2) is 36.5 Å². The molecule has 3 N–H and O–H groups in total. The summed E-state index contributed by atoms with van der Waals surface area (Å²) >= 11 is 0. The SMILES string of the molecule is CCCCCCCCOc1ccc(C(=O)/C=C/NCC(O)CO)cc1. The molecular formula is C20H31NO4. The second kappa shape index (κ2) is 13.4. The van der Waals surface area contributed by atoms with E-state index < -0.39 is 6.10 Å². The average Bonchev–Trinajstić information content (AvgIpc) is 2.64. The van der Waals surface area contributed by atoms with E-state index in [1.807, 2.05) is 0 Å². The Morgan fingerprint density at radius 3 is 2.52 bits per heavy atom. The highest BCUT2D eigenvalue weighted by atomic mass is 16.5. The van der Waals surface area contributed by atoms with Gasteiger partial charge in [-0.05, 0) is 30.7 Å². The Hall–Kier alpha value is -1.85. The molecule has 0 aliphatic heterocycles. The van der Waals surface area contributed by atoms with E-state index in [9.17, 15) is 4.79 Å². The second-order valence-corrected chi connectivity index (χ2v) is 6.08. The monoisotopic (exact) mass is 349 g/mol. The number of ketones is 1.